The fourth-order valence-electron chi connectivity index (χ4n) is 1.55. The molecule has 2 aromatic heterocycles. The molecule has 0 unspecified atom stereocenters. The third-order valence-corrected chi connectivity index (χ3v) is 3.65. The van der Waals surface area contributed by atoms with Gasteiger partial charge in [-0.2, -0.15) is 8.78 Å². The number of alkyl halides is 2. The Morgan fingerprint density at radius 3 is 2.68 bits per heavy atom. The molecular formula is C9H9ClF2N4O2S. The maximum absolute atomic E-state index is 12.6. The second-order valence-electron chi connectivity index (χ2n) is 3.72. The Kier molecular flexibility index (Phi) is 3.59. The first-order valence-corrected chi connectivity index (χ1v) is 7.38. The van der Waals surface area contributed by atoms with Crippen molar-refractivity contribution < 1.29 is 17.2 Å². The first-order chi connectivity index (χ1) is 8.79. The van der Waals surface area contributed by atoms with E-state index in [1.54, 1.807) is 6.92 Å². The topological polar surface area (TPSA) is 69.8 Å². The van der Waals surface area contributed by atoms with Crippen LogP contribution in [0.5, 0.6) is 0 Å². The Balaban J connectivity index is 2.34. The Hall–Kier alpha value is -1.48. The first-order valence-electron chi connectivity index (χ1n) is 5.07. The minimum absolute atomic E-state index is 0.0252. The summed E-state index contributed by atoms with van der Waals surface area (Å²) in [7, 11) is 1.22. The fourth-order valence-corrected chi connectivity index (χ4v) is 2.27. The predicted octanol–water partition coefficient (Wildman–Crippen LogP) is 1.76. The molecule has 0 aliphatic heterocycles. The number of aryl methyl sites for hydroxylation is 1. The lowest BCUT2D eigenvalue weighted by Gasteiger charge is -2.07. The average molecular weight is 311 g/mol. The third kappa shape index (κ3) is 2.92. The van der Waals surface area contributed by atoms with Gasteiger partial charge in [0.2, 0.25) is 0 Å². The lowest BCUT2D eigenvalue weighted by Crippen LogP contribution is -2.09. The van der Waals surface area contributed by atoms with Crippen molar-refractivity contribution in [3.8, 4) is 0 Å². The Labute approximate surface area is 112 Å². The van der Waals surface area contributed by atoms with E-state index >= 15 is 0 Å². The number of aromatic nitrogens is 4. The lowest BCUT2D eigenvalue weighted by molar-refractivity contribution is 0.0667. The molecule has 0 spiro atoms. The van der Waals surface area contributed by atoms with Gasteiger partial charge in [-0.1, -0.05) is 0 Å². The van der Waals surface area contributed by atoms with Crippen molar-refractivity contribution in [2.45, 2.75) is 25.0 Å². The van der Waals surface area contributed by atoms with Crippen LogP contribution in [0.2, 0.25) is 0 Å². The number of rotatable bonds is 4. The van der Waals surface area contributed by atoms with Crippen LogP contribution in [-0.2, 0) is 15.6 Å². The van der Waals surface area contributed by atoms with Gasteiger partial charge in [-0.25, -0.2) is 18.4 Å². The fraction of sp³-hybridized carbons (Fsp3) is 0.333. The van der Waals surface area contributed by atoms with Crippen LogP contribution in [0.1, 0.15) is 18.2 Å². The van der Waals surface area contributed by atoms with E-state index in [0.717, 1.165) is 6.20 Å². The molecule has 0 saturated heterocycles. The molecule has 0 aliphatic carbocycles. The minimum atomic E-state index is -3.94. The Morgan fingerprint density at radius 2 is 2.16 bits per heavy atom. The Morgan fingerprint density at radius 1 is 1.47 bits per heavy atom. The van der Waals surface area contributed by atoms with E-state index in [9.17, 15) is 17.2 Å². The van der Waals surface area contributed by atoms with Gasteiger partial charge in [0.1, 0.15) is 11.6 Å². The number of hydrogen-bond acceptors (Lipinski definition) is 4. The molecule has 6 nitrogen and oxygen atoms in total. The standard InChI is InChI=1S/C9H9ClF2N4O2S/c1-6-14-8(19(10,17)18)5-15(6)4-7-13-2-3-16(7)9(11)12/h2-3,5,9H,4H2,1H3. The summed E-state index contributed by atoms with van der Waals surface area (Å²) in [6.07, 6.45) is 3.57. The molecule has 0 fully saturated rings. The van der Waals surface area contributed by atoms with Gasteiger partial charge >= 0.3 is 6.55 Å². The van der Waals surface area contributed by atoms with Crippen LogP contribution < -0.4 is 0 Å². The van der Waals surface area contributed by atoms with Gasteiger partial charge in [0.25, 0.3) is 9.05 Å². The molecule has 2 heterocycles. The molecule has 2 rings (SSSR count). The van der Waals surface area contributed by atoms with Gasteiger partial charge in [-0.05, 0) is 6.92 Å². The van der Waals surface area contributed by atoms with E-state index in [1.165, 1.54) is 17.0 Å². The monoisotopic (exact) mass is 310 g/mol. The largest absolute Gasteiger partial charge is 0.326 e. The van der Waals surface area contributed by atoms with E-state index in [1.807, 2.05) is 0 Å². The van der Waals surface area contributed by atoms with Crippen LogP contribution in [0.15, 0.2) is 23.6 Å². The third-order valence-electron chi connectivity index (χ3n) is 2.47. The summed E-state index contributed by atoms with van der Waals surface area (Å²) in [5, 5.41) is -0.318. The van der Waals surface area contributed by atoms with Gasteiger partial charge in [0, 0.05) is 29.3 Å². The van der Waals surface area contributed by atoms with Gasteiger partial charge in [-0.3, -0.25) is 4.57 Å². The predicted molar refractivity (Wildman–Crippen MR) is 62.6 cm³/mol. The minimum Gasteiger partial charge on any atom is -0.326 e. The molecule has 0 bridgehead atoms. The van der Waals surface area contributed by atoms with Crippen molar-refractivity contribution in [3.63, 3.8) is 0 Å². The van der Waals surface area contributed by atoms with Crippen LogP contribution in [0.3, 0.4) is 0 Å². The molecule has 0 N–H and O–H groups in total. The second kappa shape index (κ2) is 4.89. The Bertz CT molecular complexity index is 695. The van der Waals surface area contributed by atoms with Crippen molar-refractivity contribution in [3.05, 3.63) is 30.2 Å². The number of imidazole rings is 2. The summed E-state index contributed by atoms with van der Waals surface area (Å²) in [4.78, 5) is 7.55. The summed E-state index contributed by atoms with van der Waals surface area (Å²) in [5.41, 5.74) is 0. The SMILES string of the molecule is Cc1nc(S(=O)(=O)Cl)cn1Cc1nccn1C(F)F. The van der Waals surface area contributed by atoms with E-state index < -0.39 is 15.6 Å². The van der Waals surface area contributed by atoms with Crippen LogP contribution >= 0.6 is 10.7 Å². The highest BCUT2D eigenvalue weighted by molar-refractivity contribution is 8.13. The van der Waals surface area contributed by atoms with Crippen LogP contribution in [-0.4, -0.2) is 27.5 Å². The smallest absolute Gasteiger partial charge is 0.319 e. The van der Waals surface area contributed by atoms with Crippen molar-refractivity contribution in [1.82, 2.24) is 19.1 Å². The summed E-state index contributed by atoms with van der Waals surface area (Å²) < 4.78 is 49.6. The second-order valence-corrected chi connectivity index (χ2v) is 6.23. The highest BCUT2D eigenvalue weighted by atomic mass is 35.7. The number of nitrogens with zero attached hydrogens (tertiary/aromatic N) is 4. The highest BCUT2D eigenvalue weighted by Gasteiger charge is 2.18. The zero-order valence-electron chi connectivity index (χ0n) is 9.66. The summed E-state index contributed by atoms with van der Waals surface area (Å²) in [5.74, 6) is 0.428. The van der Waals surface area contributed by atoms with Crippen molar-refractivity contribution in [2.75, 3.05) is 0 Å². The maximum Gasteiger partial charge on any atom is 0.319 e. The highest BCUT2D eigenvalue weighted by Crippen LogP contribution is 2.17. The van der Waals surface area contributed by atoms with E-state index in [-0.39, 0.29) is 17.4 Å². The van der Waals surface area contributed by atoms with Gasteiger partial charge in [-0.15, -0.1) is 0 Å². The molecule has 104 valence electrons. The van der Waals surface area contributed by atoms with Crippen LogP contribution in [0.25, 0.3) is 0 Å². The molecule has 0 atom stereocenters. The molecule has 0 saturated carbocycles. The average Bonchev–Trinajstić information content (AvgIpc) is 2.86. The molecule has 0 aromatic carbocycles. The molecule has 2 aromatic rings. The summed E-state index contributed by atoms with van der Waals surface area (Å²) in [6.45, 7) is -1.19. The molecule has 0 radical (unpaired) electrons. The summed E-state index contributed by atoms with van der Waals surface area (Å²) >= 11 is 0. The summed E-state index contributed by atoms with van der Waals surface area (Å²) in [6, 6.07) is 0. The molecule has 0 aliphatic rings. The zero-order valence-corrected chi connectivity index (χ0v) is 11.2. The molecule has 10 heteroatoms. The lowest BCUT2D eigenvalue weighted by atomic mass is 10.5. The molecule has 0 amide bonds. The normalized spacial score (nSPS) is 12.3. The van der Waals surface area contributed by atoms with E-state index in [4.69, 9.17) is 10.7 Å². The van der Waals surface area contributed by atoms with Gasteiger partial charge < -0.3 is 4.57 Å². The van der Waals surface area contributed by atoms with Gasteiger partial charge in [0.15, 0.2) is 5.03 Å². The van der Waals surface area contributed by atoms with E-state index in [0.29, 0.717) is 10.4 Å². The van der Waals surface area contributed by atoms with Gasteiger partial charge in [0.05, 0.1) is 6.54 Å². The quantitative estimate of drug-likeness (QED) is 0.807. The van der Waals surface area contributed by atoms with Crippen LogP contribution in [0.4, 0.5) is 8.78 Å². The molecular weight excluding hydrogens is 302 g/mol. The zero-order chi connectivity index (χ0) is 14.2. The maximum atomic E-state index is 12.6. The van der Waals surface area contributed by atoms with Crippen molar-refractivity contribution in [2.24, 2.45) is 0 Å². The number of halogens is 3. The first kappa shape index (κ1) is 13.9. The van der Waals surface area contributed by atoms with E-state index in [2.05, 4.69) is 9.97 Å². The van der Waals surface area contributed by atoms with Crippen molar-refractivity contribution >= 4 is 19.7 Å². The molecule has 19 heavy (non-hydrogen) atoms. The number of hydrogen-bond donors (Lipinski definition) is 0. The van der Waals surface area contributed by atoms with Crippen LogP contribution in [0, 0.1) is 6.92 Å². The van der Waals surface area contributed by atoms with Crippen molar-refractivity contribution in [1.29, 1.82) is 0 Å².